The number of hydrogen-bond acceptors (Lipinski definition) is 5. The van der Waals surface area contributed by atoms with Gasteiger partial charge in [-0.1, -0.05) is 29.4 Å². The summed E-state index contributed by atoms with van der Waals surface area (Å²) in [7, 11) is 1.38. The summed E-state index contributed by atoms with van der Waals surface area (Å²) in [6.45, 7) is 0.108. The van der Waals surface area contributed by atoms with Gasteiger partial charge in [0.2, 0.25) is 11.7 Å². The molecule has 0 fully saturated rings. The smallest absolute Gasteiger partial charge is 0.383 e. The van der Waals surface area contributed by atoms with Gasteiger partial charge in [-0.15, -0.1) is 0 Å². The molecule has 29 heavy (non-hydrogen) atoms. The van der Waals surface area contributed by atoms with Crippen LogP contribution in [0.15, 0.2) is 40.9 Å². The lowest BCUT2D eigenvalue weighted by Crippen LogP contribution is -2.32. The van der Waals surface area contributed by atoms with Crippen molar-refractivity contribution in [1.82, 2.24) is 15.0 Å². The first kappa shape index (κ1) is 22.4. The fourth-order valence-corrected chi connectivity index (χ4v) is 2.18. The zero-order valence-electron chi connectivity index (χ0n) is 14.9. The van der Waals surface area contributed by atoms with Gasteiger partial charge in [0.1, 0.15) is 0 Å². The van der Waals surface area contributed by atoms with Crippen LogP contribution in [0.3, 0.4) is 0 Å². The molecule has 0 N–H and O–H groups in total. The van der Waals surface area contributed by atoms with Gasteiger partial charge in [0.05, 0.1) is 6.61 Å². The Morgan fingerprint density at radius 2 is 1.83 bits per heavy atom. The van der Waals surface area contributed by atoms with E-state index in [0.29, 0.717) is 11.6 Å². The van der Waals surface area contributed by atoms with E-state index in [2.05, 4.69) is 14.7 Å². The maximum absolute atomic E-state index is 12.5. The number of ether oxygens (including phenoxy) is 1. The fourth-order valence-electron chi connectivity index (χ4n) is 2.18. The molecule has 0 aliphatic rings. The Balaban J connectivity index is 2.12. The summed E-state index contributed by atoms with van der Waals surface area (Å²) in [6, 6.07) is 5.79. The third-order valence-corrected chi connectivity index (χ3v) is 3.55. The number of alkyl halides is 6. The monoisotopic (exact) mass is 423 g/mol. The van der Waals surface area contributed by atoms with Crippen LogP contribution in [0.5, 0.6) is 0 Å². The Morgan fingerprint density at radius 3 is 2.34 bits per heavy atom. The molecule has 0 saturated heterocycles. The van der Waals surface area contributed by atoms with Crippen molar-refractivity contribution in [2.24, 2.45) is 0 Å². The molecule has 0 saturated carbocycles. The molecule has 0 unspecified atom stereocenters. The maximum Gasteiger partial charge on any atom is 0.471 e. The van der Waals surface area contributed by atoms with E-state index in [1.807, 2.05) is 0 Å². The van der Waals surface area contributed by atoms with Gasteiger partial charge in [-0.25, -0.2) is 0 Å². The Bertz CT molecular complexity index is 843. The summed E-state index contributed by atoms with van der Waals surface area (Å²) >= 11 is 0. The summed E-state index contributed by atoms with van der Waals surface area (Å²) in [5, 5.41) is 3.26. The zero-order chi connectivity index (χ0) is 21.7. The van der Waals surface area contributed by atoms with Gasteiger partial charge < -0.3 is 14.2 Å². The molecule has 158 valence electrons. The van der Waals surface area contributed by atoms with Crippen LogP contribution in [-0.4, -0.2) is 47.4 Å². The van der Waals surface area contributed by atoms with Crippen molar-refractivity contribution >= 4 is 5.91 Å². The second-order valence-electron chi connectivity index (χ2n) is 5.75. The molecule has 0 atom stereocenters. The number of methoxy groups -OCH3 is 1. The van der Waals surface area contributed by atoms with Crippen LogP contribution in [0.25, 0.3) is 11.4 Å². The SMILES string of the molecule is COCCN(Cc1ccc(-c2noc(C(F)(F)F)n2)cc1)C(=O)C=CC(F)(F)F. The number of aromatic nitrogens is 2. The number of rotatable bonds is 7. The van der Waals surface area contributed by atoms with E-state index in [-0.39, 0.29) is 37.2 Å². The lowest BCUT2D eigenvalue weighted by atomic mass is 10.1. The summed E-state index contributed by atoms with van der Waals surface area (Å²) in [5.41, 5.74) is 0.762. The summed E-state index contributed by atoms with van der Waals surface area (Å²) in [6.07, 6.45) is -9.13. The van der Waals surface area contributed by atoms with Gasteiger partial charge in [-0.3, -0.25) is 4.79 Å². The van der Waals surface area contributed by atoms with Crippen LogP contribution >= 0.6 is 0 Å². The molecular formula is C17H15F6N3O3. The number of nitrogens with zero attached hydrogens (tertiary/aromatic N) is 3. The van der Waals surface area contributed by atoms with Crippen molar-refractivity contribution < 1.29 is 40.4 Å². The number of halogens is 6. The minimum absolute atomic E-state index is 0.0370. The van der Waals surface area contributed by atoms with Crippen molar-refractivity contribution in [1.29, 1.82) is 0 Å². The highest BCUT2D eigenvalue weighted by Gasteiger charge is 2.38. The lowest BCUT2D eigenvalue weighted by Gasteiger charge is -2.21. The number of allylic oxidation sites excluding steroid dienone is 1. The minimum atomic E-state index is -4.77. The molecule has 0 aliphatic heterocycles. The number of carbonyl (C=O) groups is 1. The number of benzene rings is 1. The van der Waals surface area contributed by atoms with Crippen molar-refractivity contribution in [3.63, 3.8) is 0 Å². The van der Waals surface area contributed by atoms with Crippen molar-refractivity contribution in [3.8, 4) is 11.4 Å². The molecule has 0 radical (unpaired) electrons. The topological polar surface area (TPSA) is 68.5 Å². The Kier molecular flexibility index (Phi) is 7.01. The van der Waals surface area contributed by atoms with E-state index in [4.69, 9.17) is 4.74 Å². The highest BCUT2D eigenvalue weighted by atomic mass is 19.4. The molecule has 1 amide bonds. The quantitative estimate of drug-likeness (QED) is 0.500. The second-order valence-corrected chi connectivity index (χ2v) is 5.75. The first-order chi connectivity index (χ1) is 13.5. The molecule has 0 aliphatic carbocycles. The third kappa shape index (κ3) is 6.89. The van der Waals surface area contributed by atoms with Crippen LogP contribution < -0.4 is 0 Å². The van der Waals surface area contributed by atoms with Gasteiger partial charge in [-0.05, 0) is 5.56 Å². The van der Waals surface area contributed by atoms with Crippen LogP contribution in [0.4, 0.5) is 26.3 Å². The average Bonchev–Trinajstić information content (AvgIpc) is 3.13. The predicted molar refractivity (Wildman–Crippen MR) is 87.2 cm³/mol. The molecule has 6 nitrogen and oxygen atoms in total. The molecule has 12 heteroatoms. The zero-order valence-corrected chi connectivity index (χ0v) is 14.9. The van der Waals surface area contributed by atoms with E-state index in [1.54, 1.807) is 0 Å². The van der Waals surface area contributed by atoms with Gasteiger partial charge in [0.25, 0.3) is 0 Å². The second kappa shape index (κ2) is 9.07. The molecule has 1 aromatic carbocycles. The van der Waals surface area contributed by atoms with Crippen LogP contribution in [0, 0.1) is 0 Å². The van der Waals surface area contributed by atoms with Crippen LogP contribution in [-0.2, 0) is 22.3 Å². The van der Waals surface area contributed by atoms with E-state index in [0.717, 1.165) is 4.90 Å². The Hall–Kier alpha value is -2.89. The number of amides is 1. The summed E-state index contributed by atoms with van der Waals surface area (Å²) in [5.74, 6) is -2.62. The molecule has 1 aromatic heterocycles. The van der Waals surface area contributed by atoms with Crippen LogP contribution in [0.2, 0.25) is 0 Å². The summed E-state index contributed by atoms with van der Waals surface area (Å²) in [4.78, 5) is 16.4. The molecule has 2 aromatic rings. The number of hydrogen-bond donors (Lipinski definition) is 0. The van der Waals surface area contributed by atoms with Gasteiger partial charge in [0, 0.05) is 37.9 Å². The van der Waals surface area contributed by atoms with Crippen LogP contribution in [0.1, 0.15) is 11.5 Å². The average molecular weight is 423 g/mol. The minimum Gasteiger partial charge on any atom is -0.383 e. The Labute approximate surface area is 160 Å². The number of carbonyl (C=O) groups excluding carboxylic acids is 1. The molecule has 0 bridgehead atoms. The van der Waals surface area contributed by atoms with Gasteiger partial charge in [0.15, 0.2) is 0 Å². The van der Waals surface area contributed by atoms with Gasteiger partial charge in [-0.2, -0.15) is 31.3 Å². The van der Waals surface area contributed by atoms with E-state index in [1.165, 1.54) is 31.4 Å². The van der Waals surface area contributed by atoms with E-state index in [9.17, 15) is 31.1 Å². The molecule has 0 spiro atoms. The third-order valence-electron chi connectivity index (χ3n) is 3.55. The maximum atomic E-state index is 12.5. The van der Waals surface area contributed by atoms with Gasteiger partial charge >= 0.3 is 18.2 Å². The highest BCUT2D eigenvalue weighted by molar-refractivity contribution is 5.87. The Morgan fingerprint density at radius 1 is 1.17 bits per heavy atom. The molecule has 1 heterocycles. The molecule has 2 rings (SSSR count). The normalized spacial score (nSPS) is 12.5. The van der Waals surface area contributed by atoms with E-state index >= 15 is 0 Å². The summed E-state index contributed by atoms with van der Waals surface area (Å²) < 4.78 is 83.4. The van der Waals surface area contributed by atoms with Crippen molar-refractivity contribution in [2.45, 2.75) is 18.9 Å². The largest absolute Gasteiger partial charge is 0.471 e. The lowest BCUT2D eigenvalue weighted by molar-refractivity contribution is -0.159. The van der Waals surface area contributed by atoms with E-state index < -0.39 is 24.2 Å². The van der Waals surface area contributed by atoms with Crippen molar-refractivity contribution in [2.75, 3.05) is 20.3 Å². The first-order valence-electron chi connectivity index (χ1n) is 8.03. The fraction of sp³-hybridized carbons (Fsp3) is 0.353. The van der Waals surface area contributed by atoms with Crippen molar-refractivity contribution in [3.05, 3.63) is 47.9 Å². The standard InChI is InChI=1S/C17H15F6N3O3/c1-28-9-8-26(13(27)6-7-16(18,19)20)10-11-2-4-12(5-3-11)14-24-15(29-25-14)17(21,22)23/h2-7H,8-10H2,1H3. The molecular weight excluding hydrogens is 408 g/mol. The highest BCUT2D eigenvalue weighted by Crippen LogP contribution is 2.29. The predicted octanol–water partition coefficient (Wildman–Crippen LogP) is 3.85. The first-order valence-corrected chi connectivity index (χ1v) is 8.03.